The second kappa shape index (κ2) is 11.7. The highest BCUT2D eigenvalue weighted by molar-refractivity contribution is 5.88. The zero-order valence-electron chi connectivity index (χ0n) is 22.1. The molecule has 4 aromatic rings. The Bertz CT molecular complexity index is 1430. The number of aromatic nitrogens is 2. The van der Waals surface area contributed by atoms with Crippen LogP contribution in [0.2, 0.25) is 0 Å². The van der Waals surface area contributed by atoms with Crippen molar-refractivity contribution in [2.24, 2.45) is 0 Å². The molecule has 0 fully saturated rings. The van der Waals surface area contributed by atoms with Gasteiger partial charge in [0.05, 0.1) is 5.56 Å². The number of nitrogens with zero attached hydrogens (tertiary/aromatic N) is 2. The van der Waals surface area contributed by atoms with E-state index in [1.165, 1.54) is 0 Å². The predicted octanol–water partition coefficient (Wildman–Crippen LogP) is 4.58. The molecular formula is C31H33N3O5. The number of benzene rings is 2. The van der Waals surface area contributed by atoms with Gasteiger partial charge in [-0.25, -0.2) is 9.78 Å². The van der Waals surface area contributed by atoms with Gasteiger partial charge in [0.15, 0.2) is 11.6 Å². The van der Waals surface area contributed by atoms with Gasteiger partial charge in [-0.15, -0.1) is 0 Å². The van der Waals surface area contributed by atoms with E-state index in [0.717, 1.165) is 46.7 Å². The summed E-state index contributed by atoms with van der Waals surface area (Å²) in [6.07, 6.45) is 2.81. The molecule has 2 aromatic carbocycles. The highest BCUT2D eigenvalue weighted by atomic mass is 16.5. The summed E-state index contributed by atoms with van der Waals surface area (Å²) in [6.45, 7) is 5.20. The number of ether oxygens (including phenoxy) is 2. The topological polar surface area (TPSA) is 106 Å². The van der Waals surface area contributed by atoms with Gasteiger partial charge < -0.3 is 29.6 Å². The van der Waals surface area contributed by atoms with Gasteiger partial charge in [-0.2, -0.15) is 0 Å². The minimum atomic E-state index is -0.930. The van der Waals surface area contributed by atoms with Crippen LogP contribution < -0.4 is 14.8 Å². The summed E-state index contributed by atoms with van der Waals surface area (Å²) in [5, 5.41) is 22.9. The number of pyridine rings is 1. The van der Waals surface area contributed by atoms with Crippen LogP contribution in [0.15, 0.2) is 72.9 Å². The Morgan fingerprint density at radius 3 is 2.59 bits per heavy atom. The van der Waals surface area contributed by atoms with Crippen LogP contribution in [-0.4, -0.2) is 57.6 Å². The third-order valence-corrected chi connectivity index (χ3v) is 6.97. The van der Waals surface area contributed by atoms with Gasteiger partial charge >= 0.3 is 5.97 Å². The van der Waals surface area contributed by atoms with Crippen LogP contribution in [0.4, 0.5) is 0 Å². The second-order valence-electron chi connectivity index (χ2n) is 9.88. The number of rotatable bonds is 10. The summed E-state index contributed by atoms with van der Waals surface area (Å²) in [6, 6.07) is 20.8. The second-order valence-corrected chi connectivity index (χ2v) is 9.88. The number of fused-ring (bicyclic) bond motifs is 1. The van der Waals surface area contributed by atoms with Crippen molar-refractivity contribution in [2.45, 2.75) is 38.9 Å². The van der Waals surface area contributed by atoms with E-state index in [9.17, 15) is 9.90 Å². The number of aromatic carboxylic acids is 1. The van der Waals surface area contributed by atoms with Gasteiger partial charge in [-0.05, 0) is 91.9 Å². The molecule has 0 bridgehead atoms. The minimum Gasteiger partial charge on any atom is -0.489 e. The van der Waals surface area contributed by atoms with Gasteiger partial charge in [0, 0.05) is 30.7 Å². The molecule has 0 radical (unpaired) electrons. The summed E-state index contributed by atoms with van der Waals surface area (Å²) >= 11 is 0. The van der Waals surface area contributed by atoms with Gasteiger partial charge in [0.25, 0.3) is 0 Å². The van der Waals surface area contributed by atoms with E-state index in [-0.39, 0.29) is 18.3 Å². The molecule has 0 saturated heterocycles. The molecule has 3 heterocycles. The average molecular weight is 528 g/mol. The first-order valence-corrected chi connectivity index (χ1v) is 13.1. The number of nitrogens with one attached hydrogen (secondary N) is 1. The molecule has 1 aliphatic rings. The zero-order chi connectivity index (χ0) is 27.4. The van der Waals surface area contributed by atoms with Crippen LogP contribution in [0.5, 0.6) is 11.5 Å². The molecule has 2 atom stereocenters. The first-order chi connectivity index (χ1) is 18.9. The fourth-order valence-corrected chi connectivity index (χ4v) is 4.89. The number of hydrogen-bond donors (Lipinski definition) is 3. The SMILES string of the molecule is Cc1ccc(C)n1-c1ncccc1OCC(O)CNCC1CCc2cc(-c3ccc(C(=O)O)cc3)ccc2O1. The van der Waals surface area contributed by atoms with E-state index in [1.54, 1.807) is 18.3 Å². The largest absolute Gasteiger partial charge is 0.489 e. The van der Waals surface area contributed by atoms with Crippen molar-refractivity contribution in [3.05, 3.63) is 95.4 Å². The fraction of sp³-hybridized carbons (Fsp3) is 0.290. The Kier molecular flexibility index (Phi) is 7.95. The van der Waals surface area contributed by atoms with Crippen LogP contribution in [0.3, 0.4) is 0 Å². The molecule has 3 N–H and O–H groups in total. The molecule has 39 heavy (non-hydrogen) atoms. The predicted molar refractivity (Wildman–Crippen MR) is 149 cm³/mol. The highest BCUT2D eigenvalue weighted by Crippen LogP contribution is 2.32. The Balaban J connectivity index is 1.10. The molecule has 1 aliphatic heterocycles. The lowest BCUT2D eigenvalue weighted by Gasteiger charge is -2.27. The first kappa shape index (κ1) is 26.5. The summed E-state index contributed by atoms with van der Waals surface area (Å²) in [5.74, 6) is 1.28. The first-order valence-electron chi connectivity index (χ1n) is 13.1. The number of aliphatic hydroxyl groups is 1. The molecule has 8 nitrogen and oxygen atoms in total. The molecule has 0 spiro atoms. The van der Waals surface area contributed by atoms with Crippen LogP contribution >= 0.6 is 0 Å². The molecule has 0 aliphatic carbocycles. The molecule has 2 unspecified atom stereocenters. The molecule has 2 aromatic heterocycles. The number of aliphatic hydroxyl groups excluding tert-OH is 1. The van der Waals surface area contributed by atoms with Crippen LogP contribution in [-0.2, 0) is 6.42 Å². The summed E-state index contributed by atoms with van der Waals surface area (Å²) < 4.78 is 14.2. The number of aryl methyl sites for hydroxylation is 3. The lowest BCUT2D eigenvalue weighted by Crippen LogP contribution is -2.39. The smallest absolute Gasteiger partial charge is 0.335 e. The molecule has 5 rings (SSSR count). The Hall–Kier alpha value is -4.14. The van der Waals surface area contributed by atoms with Gasteiger partial charge in [0.2, 0.25) is 0 Å². The van der Waals surface area contributed by atoms with E-state index in [0.29, 0.717) is 24.7 Å². The Labute approximate surface area is 227 Å². The normalized spacial score (nSPS) is 15.3. The van der Waals surface area contributed by atoms with E-state index < -0.39 is 12.1 Å². The molecular weight excluding hydrogens is 494 g/mol. The quantitative estimate of drug-likeness (QED) is 0.277. The van der Waals surface area contributed by atoms with Gasteiger partial charge in [0.1, 0.15) is 24.6 Å². The van der Waals surface area contributed by atoms with E-state index >= 15 is 0 Å². The number of carboxylic acid groups (broad SMARTS) is 1. The van der Waals surface area contributed by atoms with Gasteiger partial charge in [-0.3, -0.25) is 0 Å². The Morgan fingerprint density at radius 2 is 1.85 bits per heavy atom. The number of carboxylic acids is 1. The third-order valence-electron chi connectivity index (χ3n) is 6.97. The molecule has 0 saturated carbocycles. The van der Waals surface area contributed by atoms with Crippen LogP contribution in [0.1, 0.15) is 33.7 Å². The fourth-order valence-electron chi connectivity index (χ4n) is 4.89. The number of carbonyl (C=O) groups is 1. The van der Waals surface area contributed by atoms with Crippen LogP contribution in [0, 0.1) is 13.8 Å². The summed E-state index contributed by atoms with van der Waals surface area (Å²) in [5.41, 5.74) is 5.56. The van der Waals surface area contributed by atoms with Crippen LogP contribution in [0.25, 0.3) is 16.9 Å². The van der Waals surface area contributed by atoms with Gasteiger partial charge in [-0.1, -0.05) is 18.2 Å². The average Bonchev–Trinajstić information content (AvgIpc) is 3.29. The van der Waals surface area contributed by atoms with E-state index in [2.05, 4.69) is 16.4 Å². The van der Waals surface area contributed by atoms with E-state index in [1.807, 2.05) is 66.9 Å². The molecule has 0 amide bonds. The maximum atomic E-state index is 11.1. The standard InChI is InChI=1S/C31H33N3O5/c1-20-5-6-21(2)34(20)30-29(4-3-15-33-30)38-19-26(35)17-32-18-27-13-11-25-16-24(12-14-28(25)39-27)22-7-9-23(10-8-22)31(36)37/h3-10,12,14-16,26-27,32,35H,11,13,17-19H2,1-2H3,(H,36,37). The summed E-state index contributed by atoms with van der Waals surface area (Å²) in [4.78, 5) is 15.6. The molecule has 8 heteroatoms. The van der Waals surface area contributed by atoms with E-state index in [4.69, 9.17) is 14.6 Å². The van der Waals surface area contributed by atoms with Crippen molar-refractivity contribution in [3.8, 4) is 28.4 Å². The van der Waals surface area contributed by atoms with Crippen molar-refractivity contribution in [2.75, 3.05) is 19.7 Å². The highest BCUT2D eigenvalue weighted by Gasteiger charge is 2.21. The van der Waals surface area contributed by atoms with Crippen molar-refractivity contribution < 1.29 is 24.5 Å². The monoisotopic (exact) mass is 527 g/mol. The van der Waals surface area contributed by atoms with Crippen molar-refractivity contribution >= 4 is 5.97 Å². The summed E-state index contributed by atoms with van der Waals surface area (Å²) in [7, 11) is 0. The maximum absolute atomic E-state index is 11.1. The zero-order valence-corrected chi connectivity index (χ0v) is 22.1. The third kappa shape index (κ3) is 6.13. The van der Waals surface area contributed by atoms with Crippen molar-refractivity contribution in [1.29, 1.82) is 0 Å². The number of hydrogen-bond acceptors (Lipinski definition) is 6. The maximum Gasteiger partial charge on any atom is 0.335 e. The van der Waals surface area contributed by atoms with Crippen molar-refractivity contribution in [3.63, 3.8) is 0 Å². The molecule has 202 valence electrons. The lowest BCUT2D eigenvalue weighted by atomic mass is 9.96. The van der Waals surface area contributed by atoms with Crippen molar-refractivity contribution in [1.82, 2.24) is 14.9 Å². The lowest BCUT2D eigenvalue weighted by molar-refractivity contribution is 0.0697. The minimum absolute atomic E-state index is 0.0101. The Morgan fingerprint density at radius 1 is 1.10 bits per heavy atom.